The summed E-state index contributed by atoms with van der Waals surface area (Å²) < 4.78 is 0. The number of nitrogens with zero attached hydrogens (tertiary/aromatic N) is 2. The fourth-order valence-electron chi connectivity index (χ4n) is 1.77. The summed E-state index contributed by atoms with van der Waals surface area (Å²) in [6, 6.07) is 5.94. The molecule has 16 heavy (non-hydrogen) atoms. The van der Waals surface area contributed by atoms with E-state index in [1.165, 1.54) is 0 Å². The molecule has 0 fully saturated rings. The number of aromatic nitrogens is 2. The highest BCUT2D eigenvalue weighted by molar-refractivity contribution is 5.77. The molecule has 0 spiro atoms. The summed E-state index contributed by atoms with van der Waals surface area (Å²) in [5, 5.41) is 0. The second-order valence-corrected chi connectivity index (χ2v) is 3.74. The summed E-state index contributed by atoms with van der Waals surface area (Å²) in [5.74, 6) is 0. The minimum Gasteiger partial charge on any atom is -0.324 e. The molecule has 1 unspecified atom stereocenters. The highest BCUT2D eigenvalue weighted by Gasteiger charge is 2.09. The highest BCUT2D eigenvalue weighted by Crippen LogP contribution is 2.22. The molecule has 0 saturated heterocycles. The van der Waals surface area contributed by atoms with E-state index in [0.717, 1.165) is 29.4 Å². The first-order valence-electron chi connectivity index (χ1n) is 5.39. The third kappa shape index (κ3) is 2.09. The zero-order valence-corrected chi connectivity index (χ0v) is 9.13. The van der Waals surface area contributed by atoms with Crippen LogP contribution in [0, 0.1) is 0 Å². The van der Waals surface area contributed by atoms with Crippen molar-refractivity contribution >= 4 is 11.0 Å². The van der Waals surface area contributed by atoms with Gasteiger partial charge in [0.25, 0.3) is 0 Å². The van der Waals surface area contributed by atoms with E-state index in [4.69, 9.17) is 5.73 Å². The molecular formula is C13H15N3. The Balaban J connectivity index is 2.39. The summed E-state index contributed by atoms with van der Waals surface area (Å²) in [5.41, 5.74) is 9.00. The molecule has 1 atom stereocenters. The lowest BCUT2D eigenvalue weighted by Crippen LogP contribution is -2.10. The van der Waals surface area contributed by atoms with Gasteiger partial charge >= 0.3 is 0 Å². The maximum absolute atomic E-state index is 6.13. The third-order valence-corrected chi connectivity index (χ3v) is 2.61. The van der Waals surface area contributed by atoms with E-state index >= 15 is 0 Å². The molecule has 0 amide bonds. The number of rotatable bonds is 4. The molecule has 82 valence electrons. The molecule has 0 aliphatic rings. The van der Waals surface area contributed by atoms with Crippen LogP contribution in [-0.2, 0) is 0 Å². The van der Waals surface area contributed by atoms with Crippen molar-refractivity contribution in [3.8, 4) is 0 Å². The van der Waals surface area contributed by atoms with Gasteiger partial charge in [0.15, 0.2) is 0 Å². The number of nitrogens with two attached hydrogens (primary N) is 1. The van der Waals surface area contributed by atoms with Gasteiger partial charge in [0.2, 0.25) is 0 Å². The van der Waals surface area contributed by atoms with Crippen LogP contribution in [0.15, 0.2) is 43.2 Å². The molecule has 1 heterocycles. The lowest BCUT2D eigenvalue weighted by atomic mass is 10.0. The molecule has 2 aromatic rings. The van der Waals surface area contributed by atoms with Crippen molar-refractivity contribution in [1.29, 1.82) is 0 Å². The number of para-hydroxylation sites is 1. The average molecular weight is 213 g/mol. The van der Waals surface area contributed by atoms with Crippen LogP contribution >= 0.6 is 0 Å². The van der Waals surface area contributed by atoms with E-state index in [2.05, 4.69) is 16.5 Å². The first-order chi connectivity index (χ1) is 7.83. The second-order valence-electron chi connectivity index (χ2n) is 3.74. The van der Waals surface area contributed by atoms with Gasteiger partial charge in [-0.05, 0) is 24.5 Å². The molecule has 2 N–H and O–H groups in total. The lowest BCUT2D eigenvalue weighted by molar-refractivity contribution is 0.665. The Morgan fingerprint density at radius 3 is 2.94 bits per heavy atom. The van der Waals surface area contributed by atoms with Crippen molar-refractivity contribution in [3.63, 3.8) is 0 Å². The Morgan fingerprint density at radius 1 is 1.31 bits per heavy atom. The summed E-state index contributed by atoms with van der Waals surface area (Å²) >= 11 is 0. The Morgan fingerprint density at radius 2 is 2.12 bits per heavy atom. The minimum absolute atomic E-state index is 0.00148. The molecule has 0 aliphatic carbocycles. The van der Waals surface area contributed by atoms with Crippen LogP contribution in [0.4, 0.5) is 0 Å². The molecule has 3 nitrogen and oxygen atoms in total. The Hall–Kier alpha value is -1.74. The predicted molar refractivity (Wildman–Crippen MR) is 65.9 cm³/mol. The molecule has 0 aliphatic heterocycles. The van der Waals surface area contributed by atoms with Gasteiger partial charge in [-0.25, -0.2) is 0 Å². The number of benzene rings is 1. The first-order valence-corrected chi connectivity index (χ1v) is 5.39. The van der Waals surface area contributed by atoms with E-state index in [1.54, 1.807) is 12.4 Å². The molecule has 2 rings (SSSR count). The smallest absolute Gasteiger partial charge is 0.0934 e. The largest absolute Gasteiger partial charge is 0.324 e. The monoisotopic (exact) mass is 213 g/mol. The Kier molecular flexibility index (Phi) is 3.27. The molecule has 0 bridgehead atoms. The molecule has 1 aromatic carbocycles. The van der Waals surface area contributed by atoms with Crippen molar-refractivity contribution in [3.05, 3.63) is 48.8 Å². The van der Waals surface area contributed by atoms with Crippen molar-refractivity contribution in [2.45, 2.75) is 18.9 Å². The predicted octanol–water partition coefficient (Wildman–Crippen LogP) is 2.60. The SMILES string of the molecule is C=CCCC(N)c1cccc2nccnc12. The van der Waals surface area contributed by atoms with Gasteiger partial charge in [0.1, 0.15) is 0 Å². The number of hydrogen-bond donors (Lipinski definition) is 1. The van der Waals surface area contributed by atoms with E-state index in [-0.39, 0.29) is 6.04 Å². The third-order valence-electron chi connectivity index (χ3n) is 2.61. The van der Waals surface area contributed by atoms with E-state index in [9.17, 15) is 0 Å². The van der Waals surface area contributed by atoms with Crippen LogP contribution in [-0.4, -0.2) is 9.97 Å². The van der Waals surface area contributed by atoms with E-state index < -0.39 is 0 Å². The van der Waals surface area contributed by atoms with Gasteiger partial charge in [-0.2, -0.15) is 0 Å². The van der Waals surface area contributed by atoms with Gasteiger partial charge in [0, 0.05) is 18.4 Å². The van der Waals surface area contributed by atoms with E-state index in [1.807, 2.05) is 24.3 Å². The quantitative estimate of drug-likeness (QED) is 0.794. The number of hydrogen-bond acceptors (Lipinski definition) is 3. The van der Waals surface area contributed by atoms with Gasteiger partial charge in [-0.1, -0.05) is 18.2 Å². The van der Waals surface area contributed by atoms with Gasteiger partial charge < -0.3 is 5.73 Å². The van der Waals surface area contributed by atoms with Crippen molar-refractivity contribution in [1.82, 2.24) is 9.97 Å². The zero-order valence-electron chi connectivity index (χ0n) is 9.13. The summed E-state index contributed by atoms with van der Waals surface area (Å²) in [4.78, 5) is 8.61. The van der Waals surface area contributed by atoms with Crippen molar-refractivity contribution in [2.75, 3.05) is 0 Å². The number of allylic oxidation sites excluding steroid dienone is 1. The summed E-state index contributed by atoms with van der Waals surface area (Å²) in [7, 11) is 0. The van der Waals surface area contributed by atoms with Crippen LogP contribution in [0.5, 0.6) is 0 Å². The van der Waals surface area contributed by atoms with Crippen molar-refractivity contribution < 1.29 is 0 Å². The topological polar surface area (TPSA) is 51.8 Å². The molecule has 0 radical (unpaired) electrons. The minimum atomic E-state index is -0.00148. The van der Waals surface area contributed by atoms with Crippen LogP contribution < -0.4 is 5.73 Å². The first kappa shape index (κ1) is 10.8. The lowest BCUT2D eigenvalue weighted by Gasteiger charge is -2.12. The van der Waals surface area contributed by atoms with E-state index in [0.29, 0.717) is 0 Å². The Bertz CT molecular complexity index is 488. The summed E-state index contributed by atoms with van der Waals surface area (Å²) in [6.45, 7) is 3.71. The highest BCUT2D eigenvalue weighted by atomic mass is 14.8. The van der Waals surface area contributed by atoms with Crippen LogP contribution in [0.25, 0.3) is 11.0 Å². The molecular weight excluding hydrogens is 198 g/mol. The molecule has 3 heteroatoms. The van der Waals surface area contributed by atoms with Gasteiger partial charge in [-0.15, -0.1) is 6.58 Å². The van der Waals surface area contributed by atoms with Crippen LogP contribution in [0.3, 0.4) is 0 Å². The van der Waals surface area contributed by atoms with Gasteiger partial charge in [0.05, 0.1) is 11.0 Å². The molecule has 1 aromatic heterocycles. The Labute approximate surface area is 95.0 Å². The maximum atomic E-state index is 6.13. The van der Waals surface area contributed by atoms with Crippen molar-refractivity contribution in [2.24, 2.45) is 5.73 Å². The standard InChI is InChI=1S/C13H15N3/c1-2-3-6-11(14)10-5-4-7-12-13(10)16-9-8-15-12/h2,4-5,7-9,11H,1,3,6,14H2. The van der Waals surface area contributed by atoms with Crippen LogP contribution in [0.1, 0.15) is 24.4 Å². The fourth-order valence-corrected chi connectivity index (χ4v) is 1.77. The van der Waals surface area contributed by atoms with Crippen LogP contribution in [0.2, 0.25) is 0 Å². The normalized spacial score (nSPS) is 12.6. The average Bonchev–Trinajstić information content (AvgIpc) is 2.35. The van der Waals surface area contributed by atoms with Gasteiger partial charge in [-0.3, -0.25) is 9.97 Å². The number of fused-ring (bicyclic) bond motifs is 1. The second kappa shape index (κ2) is 4.86. The zero-order chi connectivity index (χ0) is 11.4. The maximum Gasteiger partial charge on any atom is 0.0934 e. The summed E-state index contributed by atoms with van der Waals surface area (Å²) in [6.07, 6.45) is 7.08. The molecule has 0 saturated carbocycles. The fraction of sp³-hybridized carbons (Fsp3) is 0.231.